The molecule has 0 radical (unpaired) electrons. The molecule has 1 aromatic rings. The van der Waals surface area contributed by atoms with Gasteiger partial charge in [0, 0.05) is 28.9 Å². The Bertz CT molecular complexity index is 564. The fourth-order valence-electron chi connectivity index (χ4n) is 3.39. The van der Waals surface area contributed by atoms with E-state index in [1.54, 1.807) is 0 Å². The van der Waals surface area contributed by atoms with Crippen LogP contribution in [0.15, 0.2) is 21.5 Å². The largest absolute Gasteiger partial charge is 0.343 e. The number of rotatable bonds is 5. The van der Waals surface area contributed by atoms with Gasteiger partial charge in [0.05, 0.1) is 0 Å². The van der Waals surface area contributed by atoms with Crippen LogP contribution in [0.4, 0.5) is 0 Å². The Balaban J connectivity index is 0.00000208. The van der Waals surface area contributed by atoms with Crippen LogP contribution in [0.3, 0.4) is 0 Å². The molecule has 2 heterocycles. The van der Waals surface area contributed by atoms with Gasteiger partial charge in [0.15, 0.2) is 0 Å². The summed E-state index contributed by atoms with van der Waals surface area (Å²) in [6, 6.07) is 4.44. The highest BCUT2D eigenvalue weighted by Crippen LogP contribution is 2.35. The van der Waals surface area contributed by atoms with E-state index < -0.39 is 0 Å². The first-order valence-corrected chi connectivity index (χ1v) is 10.4. The highest BCUT2D eigenvalue weighted by molar-refractivity contribution is 9.10. The molecule has 1 N–H and O–H groups in total. The quantitative estimate of drug-likeness (QED) is 0.561. The van der Waals surface area contributed by atoms with Gasteiger partial charge in [-0.05, 0) is 84.1 Å². The highest BCUT2D eigenvalue weighted by Gasteiger charge is 2.18. The Morgan fingerprint density at radius 1 is 1.21 bits per heavy atom. The molecule has 0 unspecified atom stereocenters. The van der Waals surface area contributed by atoms with Gasteiger partial charge in [-0.3, -0.25) is 4.79 Å². The molecule has 1 amide bonds. The normalized spacial score (nSPS) is 17.1. The van der Waals surface area contributed by atoms with Crippen molar-refractivity contribution in [3.8, 4) is 0 Å². The Morgan fingerprint density at radius 2 is 1.96 bits per heavy atom. The molecule has 0 atom stereocenters. The lowest BCUT2D eigenvalue weighted by atomic mass is 10.0. The zero-order valence-electron chi connectivity index (χ0n) is 14.0. The summed E-state index contributed by atoms with van der Waals surface area (Å²) < 4.78 is 1.20. The zero-order valence-corrected chi connectivity index (χ0v) is 17.2. The minimum absolute atomic E-state index is 0. The van der Waals surface area contributed by atoms with Crippen LogP contribution < -0.4 is 5.32 Å². The molecule has 2 aliphatic heterocycles. The van der Waals surface area contributed by atoms with Gasteiger partial charge in [-0.25, -0.2) is 0 Å². The molecule has 0 saturated carbocycles. The van der Waals surface area contributed by atoms with Gasteiger partial charge >= 0.3 is 0 Å². The maximum Gasteiger partial charge on any atom is 0.222 e. The summed E-state index contributed by atoms with van der Waals surface area (Å²) in [6.07, 6.45) is 6.23. The molecule has 3 nitrogen and oxygen atoms in total. The van der Waals surface area contributed by atoms with Crippen molar-refractivity contribution in [2.45, 2.75) is 43.4 Å². The van der Waals surface area contributed by atoms with Crippen molar-refractivity contribution in [3.63, 3.8) is 0 Å². The third kappa shape index (κ3) is 5.13. The molecule has 0 aromatic heterocycles. The van der Waals surface area contributed by atoms with Crippen molar-refractivity contribution in [2.75, 3.05) is 31.9 Å². The first-order valence-electron chi connectivity index (χ1n) is 8.67. The van der Waals surface area contributed by atoms with Gasteiger partial charge in [-0.2, -0.15) is 0 Å². The van der Waals surface area contributed by atoms with E-state index >= 15 is 0 Å². The number of benzene rings is 1. The lowest BCUT2D eigenvalue weighted by molar-refractivity contribution is -0.130. The van der Waals surface area contributed by atoms with E-state index in [1.807, 2.05) is 16.7 Å². The molecule has 1 saturated heterocycles. The number of carbonyl (C=O) groups excluding carboxylic acids is 1. The van der Waals surface area contributed by atoms with E-state index in [0.29, 0.717) is 12.3 Å². The summed E-state index contributed by atoms with van der Waals surface area (Å²) in [5.41, 5.74) is 2.98. The molecule has 1 fully saturated rings. The summed E-state index contributed by atoms with van der Waals surface area (Å²) in [4.78, 5) is 15.5. The van der Waals surface area contributed by atoms with Crippen molar-refractivity contribution >= 4 is 46.0 Å². The van der Waals surface area contributed by atoms with Gasteiger partial charge in [-0.1, -0.05) is 6.07 Å². The maximum atomic E-state index is 12.1. The van der Waals surface area contributed by atoms with Crippen molar-refractivity contribution in [1.29, 1.82) is 0 Å². The van der Waals surface area contributed by atoms with E-state index in [9.17, 15) is 4.79 Å². The third-order valence-corrected chi connectivity index (χ3v) is 6.84. The Labute approximate surface area is 163 Å². The van der Waals surface area contributed by atoms with Gasteiger partial charge in [0.2, 0.25) is 5.91 Å². The average Bonchev–Trinajstić information content (AvgIpc) is 2.99. The summed E-state index contributed by atoms with van der Waals surface area (Å²) in [5.74, 6) is 1.36. The predicted molar refractivity (Wildman–Crippen MR) is 107 cm³/mol. The second kappa shape index (κ2) is 10.0. The fourth-order valence-corrected chi connectivity index (χ4v) is 5.21. The summed E-state index contributed by atoms with van der Waals surface area (Å²) in [5, 5.41) is 3.48. The molecule has 0 spiro atoms. The van der Waals surface area contributed by atoms with Crippen LogP contribution in [0.2, 0.25) is 0 Å². The van der Waals surface area contributed by atoms with Crippen LogP contribution in [-0.4, -0.2) is 42.7 Å². The number of nitrogens with one attached hydrogen (secondary N) is 1. The minimum atomic E-state index is 0. The topological polar surface area (TPSA) is 32.3 Å². The van der Waals surface area contributed by atoms with Crippen molar-refractivity contribution in [2.24, 2.45) is 0 Å². The molecule has 3 rings (SSSR count). The molecule has 0 bridgehead atoms. The Morgan fingerprint density at radius 3 is 2.75 bits per heavy atom. The molecule has 6 heteroatoms. The maximum absolute atomic E-state index is 12.1. The molecule has 2 aliphatic rings. The van der Waals surface area contributed by atoms with Gasteiger partial charge in [-0.15, -0.1) is 24.2 Å². The number of amides is 1. The highest BCUT2D eigenvalue weighted by atomic mass is 79.9. The van der Waals surface area contributed by atoms with E-state index in [-0.39, 0.29) is 12.4 Å². The molecular formula is C18H26BrClN2OS. The van der Waals surface area contributed by atoms with E-state index in [4.69, 9.17) is 0 Å². The van der Waals surface area contributed by atoms with Crippen LogP contribution in [0, 0.1) is 0 Å². The molecule has 134 valence electrons. The van der Waals surface area contributed by atoms with Crippen LogP contribution in [0.25, 0.3) is 0 Å². The van der Waals surface area contributed by atoms with Crippen LogP contribution in [-0.2, 0) is 17.6 Å². The number of thioether (sulfide) groups is 1. The van der Waals surface area contributed by atoms with Crippen molar-refractivity contribution in [3.05, 3.63) is 27.7 Å². The third-order valence-electron chi connectivity index (χ3n) is 4.67. The number of halogens is 2. The number of fused-ring (bicyclic) bond motifs is 1. The molecule has 24 heavy (non-hydrogen) atoms. The summed E-state index contributed by atoms with van der Waals surface area (Å²) in [6.45, 7) is 4.07. The van der Waals surface area contributed by atoms with Crippen LogP contribution in [0.1, 0.15) is 36.8 Å². The minimum Gasteiger partial charge on any atom is -0.343 e. The number of likely N-dealkylation sites (tertiary alicyclic amines) is 1. The number of nitrogens with zero attached hydrogens (tertiary/aromatic N) is 1. The molecular weight excluding hydrogens is 408 g/mol. The van der Waals surface area contributed by atoms with Gasteiger partial charge in [0.25, 0.3) is 0 Å². The smallest absolute Gasteiger partial charge is 0.222 e. The summed E-state index contributed by atoms with van der Waals surface area (Å²) in [7, 11) is 0. The lowest BCUT2D eigenvalue weighted by Crippen LogP contribution is -2.27. The monoisotopic (exact) mass is 432 g/mol. The van der Waals surface area contributed by atoms with E-state index in [1.165, 1.54) is 33.3 Å². The number of carbonyl (C=O) groups is 1. The fraction of sp³-hybridized carbons (Fsp3) is 0.611. The standard InChI is InChI=1S/C18H25BrN2OS.ClH/c19-16-6-5-14-7-9-20-10-8-15(14)18(16)23-13-3-4-17(22)21-11-1-2-12-21;/h5-6,20H,1-4,7-13H2;1H. The van der Waals surface area contributed by atoms with Gasteiger partial charge in [0.1, 0.15) is 0 Å². The second-order valence-electron chi connectivity index (χ2n) is 6.30. The Kier molecular flexibility index (Phi) is 8.41. The predicted octanol–water partition coefficient (Wildman–Crippen LogP) is 4.05. The van der Waals surface area contributed by atoms with E-state index in [0.717, 1.165) is 51.2 Å². The number of hydrogen-bond donors (Lipinski definition) is 1. The SMILES string of the molecule is Cl.O=C(CCCSc1c(Br)ccc2c1CCNCC2)N1CCCC1. The lowest BCUT2D eigenvalue weighted by Gasteiger charge is -2.16. The zero-order chi connectivity index (χ0) is 16.1. The molecule has 0 aliphatic carbocycles. The second-order valence-corrected chi connectivity index (χ2v) is 8.26. The van der Waals surface area contributed by atoms with Crippen molar-refractivity contribution in [1.82, 2.24) is 10.2 Å². The first kappa shape index (κ1) is 20.1. The Hall–Kier alpha value is -0.230. The number of hydrogen-bond acceptors (Lipinski definition) is 3. The van der Waals surface area contributed by atoms with Crippen molar-refractivity contribution < 1.29 is 4.79 Å². The van der Waals surface area contributed by atoms with E-state index in [2.05, 4.69) is 33.4 Å². The molecule has 1 aromatic carbocycles. The first-order chi connectivity index (χ1) is 11.3. The van der Waals surface area contributed by atoms with Gasteiger partial charge < -0.3 is 10.2 Å². The van der Waals surface area contributed by atoms with Crippen LogP contribution >= 0.6 is 40.1 Å². The summed E-state index contributed by atoms with van der Waals surface area (Å²) >= 11 is 5.63. The average molecular weight is 434 g/mol. The van der Waals surface area contributed by atoms with Crippen LogP contribution in [0.5, 0.6) is 0 Å².